The van der Waals surface area contributed by atoms with Crippen LogP contribution < -0.4 is 9.64 Å². The molecule has 2 N–H and O–H groups in total. The minimum Gasteiger partial charge on any atom is -0.504 e. The molecule has 2 unspecified atom stereocenters. The number of ether oxygens (including phenoxy) is 1. The first-order chi connectivity index (χ1) is 15.5. The molecule has 8 rings (SSSR count). The van der Waals surface area contributed by atoms with Gasteiger partial charge in [-0.3, -0.25) is 4.90 Å². The molecule has 2 bridgehead atoms. The molecular weight excluding hydrogens is 400 g/mol. The zero-order valence-electron chi connectivity index (χ0n) is 18.5. The van der Waals surface area contributed by atoms with Crippen LogP contribution in [0.25, 0.3) is 0 Å². The number of para-hydroxylation sites is 1. The van der Waals surface area contributed by atoms with E-state index in [4.69, 9.17) is 4.74 Å². The lowest BCUT2D eigenvalue weighted by molar-refractivity contribution is -0.192. The highest BCUT2D eigenvalue weighted by Crippen LogP contribution is 2.69. The number of benzene rings is 2. The van der Waals surface area contributed by atoms with E-state index in [9.17, 15) is 10.2 Å². The second kappa shape index (κ2) is 5.63. The predicted octanol–water partition coefficient (Wildman–Crippen LogP) is 3.17. The van der Waals surface area contributed by atoms with Crippen LogP contribution in [0.1, 0.15) is 48.3 Å². The smallest absolute Gasteiger partial charge is 0.165 e. The highest BCUT2D eigenvalue weighted by molar-refractivity contribution is 5.68. The summed E-state index contributed by atoms with van der Waals surface area (Å²) in [6.45, 7) is 2.12. The van der Waals surface area contributed by atoms with Crippen LogP contribution in [-0.2, 0) is 11.8 Å². The van der Waals surface area contributed by atoms with Gasteiger partial charge >= 0.3 is 0 Å². The van der Waals surface area contributed by atoms with Crippen molar-refractivity contribution in [3.63, 3.8) is 0 Å². The van der Waals surface area contributed by atoms with E-state index >= 15 is 0 Å². The van der Waals surface area contributed by atoms with Crippen LogP contribution in [0.5, 0.6) is 11.5 Å². The summed E-state index contributed by atoms with van der Waals surface area (Å²) in [4.78, 5) is 5.00. The quantitative estimate of drug-likeness (QED) is 0.767. The molecular formula is C27H30N2O3. The maximum atomic E-state index is 12.8. The number of piperidine rings is 1. The molecule has 3 aliphatic heterocycles. The first-order valence-electron chi connectivity index (χ1n) is 12.3. The van der Waals surface area contributed by atoms with Crippen molar-refractivity contribution in [3.05, 3.63) is 53.1 Å². The largest absolute Gasteiger partial charge is 0.504 e. The summed E-state index contributed by atoms with van der Waals surface area (Å²) in [5.74, 6) is 1.91. The zero-order valence-corrected chi connectivity index (χ0v) is 18.5. The van der Waals surface area contributed by atoms with Crippen LogP contribution in [0.3, 0.4) is 0 Å². The summed E-state index contributed by atoms with van der Waals surface area (Å²) in [5, 5.41) is 23.7. The van der Waals surface area contributed by atoms with E-state index in [-0.39, 0.29) is 29.9 Å². The van der Waals surface area contributed by atoms with Gasteiger partial charge in [-0.1, -0.05) is 24.3 Å². The van der Waals surface area contributed by atoms with E-state index in [1.807, 2.05) is 0 Å². The van der Waals surface area contributed by atoms with E-state index in [1.54, 1.807) is 6.07 Å². The number of phenolic OH excluding ortho intramolecular Hbond substituents is 1. The Morgan fingerprint density at radius 2 is 2.00 bits per heavy atom. The van der Waals surface area contributed by atoms with Gasteiger partial charge in [0.15, 0.2) is 11.5 Å². The molecule has 0 aromatic heterocycles. The van der Waals surface area contributed by atoms with Crippen molar-refractivity contribution >= 4 is 5.69 Å². The number of hydrogen-bond donors (Lipinski definition) is 2. The van der Waals surface area contributed by atoms with Crippen LogP contribution in [0.15, 0.2) is 36.4 Å². The molecule has 6 atom stereocenters. The molecule has 2 aromatic carbocycles. The highest BCUT2D eigenvalue weighted by atomic mass is 16.5. The SMILES string of the molecule is CN1c2ccccc2C2C[C@@]3(O)[C@@H]4Cc5ccc(O)c6c5[C@@]3(CCN4CC3CC3)[C@@H](O6)C21. The van der Waals surface area contributed by atoms with Crippen molar-refractivity contribution in [1.82, 2.24) is 4.90 Å². The van der Waals surface area contributed by atoms with Gasteiger partial charge in [0.05, 0.1) is 17.1 Å². The first-order valence-corrected chi connectivity index (χ1v) is 12.3. The molecule has 6 aliphatic rings. The van der Waals surface area contributed by atoms with Crippen molar-refractivity contribution < 1.29 is 14.9 Å². The van der Waals surface area contributed by atoms with Gasteiger partial charge in [0.25, 0.3) is 0 Å². The average Bonchev–Trinajstić information content (AvgIpc) is 3.47. The van der Waals surface area contributed by atoms with Crippen LogP contribution in [0.2, 0.25) is 0 Å². The molecule has 5 heteroatoms. The molecule has 1 spiro atoms. The van der Waals surface area contributed by atoms with Gasteiger partial charge in [0.1, 0.15) is 6.10 Å². The number of aliphatic hydroxyl groups is 1. The molecule has 32 heavy (non-hydrogen) atoms. The summed E-state index contributed by atoms with van der Waals surface area (Å²) < 4.78 is 6.75. The van der Waals surface area contributed by atoms with Gasteiger partial charge in [-0.25, -0.2) is 0 Å². The maximum Gasteiger partial charge on any atom is 0.165 e. The number of likely N-dealkylation sites (N-methyl/N-ethyl adjacent to an activating group) is 1. The summed E-state index contributed by atoms with van der Waals surface area (Å²) in [7, 11) is 2.18. The van der Waals surface area contributed by atoms with Gasteiger partial charge in [0.2, 0.25) is 0 Å². The Labute approximate surface area is 188 Å². The van der Waals surface area contributed by atoms with Gasteiger partial charge in [-0.05, 0) is 67.8 Å². The maximum absolute atomic E-state index is 12.8. The number of likely N-dealkylation sites (tertiary alicyclic amines) is 1. The summed E-state index contributed by atoms with van der Waals surface area (Å²) in [5.41, 5.74) is 3.69. The van der Waals surface area contributed by atoms with Crippen molar-refractivity contribution in [1.29, 1.82) is 0 Å². The average molecular weight is 431 g/mol. The fraction of sp³-hybridized carbons (Fsp3) is 0.556. The molecule has 166 valence electrons. The van der Waals surface area contributed by atoms with Gasteiger partial charge < -0.3 is 19.8 Å². The lowest BCUT2D eigenvalue weighted by Crippen LogP contribution is -2.78. The molecule has 3 aliphatic carbocycles. The van der Waals surface area contributed by atoms with Crippen LogP contribution in [-0.4, -0.2) is 59.0 Å². The van der Waals surface area contributed by atoms with Crippen molar-refractivity contribution in [3.8, 4) is 11.5 Å². The zero-order chi connectivity index (χ0) is 21.4. The third kappa shape index (κ3) is 1.88. The molecule has 5 nitrogen and oxygen atoms in total. The Morgan fingerprint density at radius 3 is 2.84 bits per heavy atom. The minimum absolute atomic E-state index is 0.116. The topological polar surface area (TPSA) is 56.2 Å². The van der Waals surface area contributed by atoms with E-state index in [2.05, 4.69) is 47.2 Å². The van der Waals surface area contributed by atoms with E-state index < -0.39 is 11.0 Å². The summed E-state index contributed by atoms with van der Waals surface area (Å²) in [6, 6.07) is 12.9. The van der Waals surface area contributed by atoms with Crippen molar-refractivity contribution in [2.75, 3.05) is 25.0 Å². The molecule has 1 saturated heterocycles. The lowest BCUT2D eigenvalue weighted by Gasteiger charge is -2.65. The normalized spacial score (nSPS) is 40.5. The van der Waals surface area contributed by atoms with E-state index in [0.29, 0.717) is 5.75 Å². The monoisotopic (exact) mass is 430 g/mol. The highest BCUT2D eigenvalue weighted by Gasteiger charge is 2.75. The molecule has 2 aromatic rings. The van der Waals surface area contributed by atoms with E-state index in [0.717, 1.165) is 43.8 Å². The molecule has 0 radical (unpaired) electrons. The Morgan fingerprint density at radius 1 is 1.16 bits per heavy atom. The number of rotatable bonds is 2. The van der Waals surface area contributed by atoms with Crippen molar-refractivity contribution in [2.24, 2.45) is 5.92 Å². The molecule has 2 saturated carbocycles. The number of hydrogen-bond acceptors (Lipinski definition) is 5. The summed E-state index contributed by atoms with van der Waals surface area (Å²) >= 11 is 0. The number of nitrogens with zero attached hydrogens (tertiary/aromatic N) is 2. The van der Waals surface area contributed by atoms with Gasteiger partial charge in [-0.2, -0.15) is 0 Å². The Bertz CT molecular complexity index is 1160. The molecule has 3 heterocycles. The Kier molecular flexibility index (Phi) is 3.20. The molecule has 0 amide bonds. The lowest BCUT2D eigenvalue weighted by atomic mass is 9.46. The third-order valence-corrected chi connectivity index (χ3v) is 9.98. The predicted molar refractivity (Wildman–Crippen MR) is 122 cm³/mol. The second-order valence-electron chi connectivity index (χ2n) is 11.3. The Hall–Kier alpha value is -2.24. The van der Waals surface area contributed by atoms with Crippen LogP contribution >= 0.6 is 0 Å². The number of aromatic hydroxyl groups is 1. The minimum atomic E-state index is -0.851. The standard InChI is InChI=1S/C27H30N2O3/c1-28-19-5-3-2-4-17(19)18-13-27(31)21-12-16-8-9-20(30)24-22(16)26(27,25(32-24)23(18)28)10-11-29(21)14-15-6-7-15/h2-5,8-9,15,18,21,23,25,30-31H,6-7,10-14H2,1H3/t18?,21-,23?,25-,26-,27+/m0/s1. The molecule has 3 fully saturated rings. The number of anilines is 1. The summed E-state index contributed by atoms with van der Waals surface area (Å²) in [6.07, 6.45) is 5.01. The van der Waals surface area contributed by atoms with Crippen LogP contribution in [0, 0.1) is 5.92 Å². The van der Waals surface area contributed by atoms with Crippen molar-refractivity contribution in [2.45, 2.75) is 67.2 Å². The number of fused-ring (bicyclic) bond motifs is 4. The Balaban J connectivity index is 1.37. The fourth-order valence-corrected chi connectivity index (χ4v) is 8.54. The number of phenols is 1. The van der Waals surface area contributed by atoms with Gasteiger partial charge in [0, 0.05) is 36.8 Å². The first kappa shape index (κ1) is 18.2. The van der Waals surface area contributed by atoms with Gasteiger partial charge in [-0.15, -0.1) is 0 Å². The fourth-order valence-electron chi connectivity index (χ4n) is 8.54. The van der Waals surface area contributed by atoms with Crippen LogP contribution in [0.4, 0.5) is 5.69 Å². The second-order valence-corrected chi connectivity index (χ2v) is 11.3. The van der Waals surface area contributed by atoms with E-state index in [1.165, 1.54) is 29.7 Å². The third-order valence-electron chi connectivity index (χ3n) is 9.98.